The molecule has 2 N–H and O–H groups in total. The number of hydrogen-bond donors (Lipinski definition) is 2. The molecule has 0 aliphatic heterocycles. The lowest BCUT2D eigenvalue weighted by Crippen LogP contribution is -2.39. The first-order chi connectivity index (χ1) is 14.9. The number of nitrogens with zero attached hydrogens (tertiary/aromatic N) is 2. The molecule has 0 unspecified atom stereocenters. The predicted octanol–water partition coefficient (Wildman–Crippen LogP) is 5.52. The van der Waals surface area contributed by atoms with E-state index in [9.17, 15) is 9.59 Å². The average molecular weight is 437 g/mol. The standard InChI is InChI=1S/C23H40N4O4/c1-5-16(3)26-30-22(28)24-20-11-7-18(8-12-20)15-19-9-13-21(14-10-19)25-23(29)31-27-17(4)6-2/h18-21H,5-15H2,1-4H3,(H,24,28)(H,25,29)/b26-16-,27-17-. The number of amides is 2. The fourth-order valence-electron chi connectivity index (χ4n) is 4.31. The molecule has 2 fully saturated rings. The van der Waals surface area contributed by atoms with Crippen LogP contribution in [0, 0.1) is 11.8 Å². The normalized spacial score (nSPS) is 27.4. The van der Waals surface area contributed by atoms with Crippen molar-refractivity contribution in [1.82, 2.24) is 10.6 Å². The van der Waals surface area contributed by atoms with E-state index >= 15 is 0 Å². The third-order valence-electron chi connectivity index (χ3n) is 6.60. The van der Waals surface area contributed by atoms with Gasteiger partial charge in [0.1, 0.15) is 0 Å². The average Bonchev–Trinajstić information content (AvgIpc) is 2.78. The third kappa shape index (κ3) is 9.70. The summed E-state index contributed by atoms with van der Waals surface area (Å²) in [6.07, 6.45) is 10.4. The Morgan fingerprint density at radius 2 is 1.06 bits per heavy atom. The molecule has 0 aromatic rings. The molecule has 0 bridgehead atoms. The van der Waals surface area contributed by atoms with Gasteiger partial charge in [-0.1, -0.05) is 24.2 Å². The van der Waals surface area contributed by atoms with Gasteiger partial charge in [-0.05, 0) is 96.3 Å². The van der Waals surface area contributed by atoms with Crippen LogP contribution in [0.15, 0.2) is 10.3 Å². The van der Waals surface area contributed by atoms with Crippen molar-refractivity contribution in [2.75, 3.05) is 0 Å². The number of carbonyl (C=O) groups excluding carboxylic acids is 2. The Balaban J connectivity index is 1.60. The highest BCUT2D eigenvalue weighted by molar-refractivity contribution is 5.82. The van der Waals surface area contributed by atoms with Crippen LogP contribution >= 0.6 is 0 Å². The van der Waals surface area contributed by atoms with E-state index in [0.717, 1.165) is 87.5 Å². The molecule has 2 aliphatic carbocycles. The highest BCUT2D eigenvalue weighted by Gasteiger charge is 2.28. The lowest BCUT2D eigenvalue weighted by Gasteiger charge is -2.34. The highest BCUT2D eigenvalue weighted by Crippen LogP contribution is 2.35. The number of oxime groups is 2. The highest BCUT2D eigenvalue weighted by atomic mass is 16.7. The van der Waals surface area contributed by atoms with Crippen LogP contribution in [0.25, 0.3) is 0 Å². The van der Waals surface area contributed by atoms with Crippen LogP contribution < -0.4 is 10.6 Å². The van der Waals surface area contributed by atoms with Crippen molar-refractivity contribution in [2.24, 2.45) is 22.1 Å². The van der Waals surface area contributed by atoms with Crippen molar-refractivity contribution in [3.05, 3.63) is 0 Å². The summed E-state index contributed by atoms with van der Waals surface area (Å²) in [7, 11) is 0. The molecule has 0 heterocycles. The lowest BCUT2D eigenvalue weighted by molar-refractivity contribution is 0.136. The predicted molar refractivity (Wildman–Crippen MR) is 122 cm³/mol. The summed E-state index contributed by atoms with van der Waals surface area (Å²) in [4.78, 5) is 33.5. The minimum Gasteiger partial charge on any atom is -0.317 e. The van der Waals surface area contributed by atoms with Crippen molar-refractivity contribution in [1.29, 1.82) is 0 Å². The van der Waals surface area contributed by atoms with Gasteiger partial charge in [0, 0.05) is 12.1 Å². The maximum Gasteiger partial charge on any atom is 0.433 e. The summed E-state index contributed by atoms with van der Waals surface area (Å²) >= 11 is 0. The molecule has 0 saturated heterocycles. The molecule has 0 spiro atoms. The van der Waals surface area contributed by atoms with E-state index < -0.39 is 12.2 Å². The number of nitrogens with one attached hydrogen (secondary N) is 2. The van der Waals surface area contributed by atoms with Gasteiger partial charge in [-0.3, -0.25) is 9.68 Å². The quantitative estimate of drug-likeness (QED) is 0.297. The van der Waals surface area contributed by atoms with Crippen LogP contribution in [0.2, 0.25) is 0 Å². The largest absolute Gasteiger partial charge is 0.433 e. The first kappa shape index (κ1) is 25.1. The second-order valence-corrected chi connectivity index (χ2v) is 9.08. The number of carbonyl (C=O) groups is 2. The van der Waals surface area contributed by atoms with E-state index in [1.54, 1.807) is 0 Å². The summed E-state index contributed by atoms with van der Waals surface area (Å²) in [5.74, 6) is 1.44. The summed E-state index contributed by atoms with van der Waals surface area (Å²) in [6, 6.07) is 0.372. The van der Waals surface area contributed by atoms with Crippen molar-refractivity contribution in [3.63, 3.8) is 0 Å². The van der Waals surface area contributed by atoms with Crippen LogP contribution in [-0.4, -0.2) is 35.7 Å². The minimum absolute atomic E-state index is 0.186. The Morgan fingerprint density at radius 1 is 0.710 bits per heavy atom. The number of rotatable bonds is 8. The Hall–Kier alpha value is -2.12. The van der Waals surface area contributed by atoms with Crippen LogP contribution in [0.3, 0.4) is 0 Å². The molecule has 0 aromatic heterocycles. The van der Waals surface area contributed by atoms with Crippen molar-refractivity contribution < 1.29 is 19.3 Å². The molecule has 2 amide bonds. The Labute approximate surface area is 186 Å². The van der Waals surface area contributed by atoms with Gasteiger partial charge in [-0.25, -0.2) is 9.59 Å². The van der Waals surface area contributed by atoms with E-state index in [1.807, 2.05) is 27.7 Å². The Morgan fingerprint density at radius 3 is 1.39 bits per heavy atom. The molecule has 176 valence electrons. The maximum absolute atomic E-state index is 11.8. The summed E-state index contributed by atoms with van der Waals surface area (Å²) < 4.78 is 0. The molecular weight excluding hydrogens is 396 g/mol. The summed E-state index contributed by atoms with van der Waals surface area (Å²) in [5.41, 5.74) is 1.61. The molecule has 31 heavy (non-hydrogen) atoms. The molecule has 8 heteroatoms. The van der Waals surface area contributed by atoms with Crippen LogP contribution in [0.4, 0.5) is 9.59 Å². The van der Waals surface area contributed by atoms with Crippen LogP contribution in [0.1, 0.15) is 98.3 Å². The SMILES string of the molecule is CC/C(C)=N\OC(=O)NC1CCC(CC2CCC(NC(=O)O/N=C(/C)CC)CC2)CC1. The minimum atomic E-state index is -0.448. The first-order valence-corrected chi connectivity index (χ1v) is 11.9. The molecule has 2 aliphatic rings. The second-order valence-electron chi connectivity index (χ2n) is 9.08. The van der Waals surface area contributed by atoms with Crippen LogP contribution in [0.5, 0.6) is 0 Å². The maximum atomic E-state index is 11.8. The van der Waals surface area contributed by atoms with E-state index in [2.05, 4.69) is 20.9 Å². The van der Waals surface area contributed by atoms with Gasteiger partial charge in [-0.2, -0.15) is 0 Å². The molecular formula is C23H40N4O4. The smallest absolute Gasteiger partial charge is 0.317 e. The van der Waals surface area contributed by atoms with E-state index in [0.29, 0.717) is 0 Å². The molecule has 0 radical (unpaired) electrons. The first-order valence-electron chi connectivity index (χ1n) is 11.9. The molecule has 8 nitrogen and oxygen atoms in total. The molecule has 2 saturated carbocycles. The summed E-state index contributed by atoms with van der Waals surface area (Å²) in [6.45, 7) is 7.64. The summed E-state index contributed by atoms with van der Waals surface area (Å²) in [5, 5.41) is 13.5. The Kier molecular flexibility index (Phi) is 10.8. The van der Waals surface area contributed by atoms with Gasteiger partial charge >= 0.3 is 12.2 Å². The van der Waals surface area contributed by atoms with E-state index in [4.69, 9.17) is 9.68 Å². The zero-order valence-corrected chi connectivity index (χ0v) is 19.6. The van der Waals surface area contributed by atoms with E-state index in [1.165, 1.54) is 6.42 Å². The van der Waals surface area contributed by atoms with Gasteiger partial charge in [0.25, 0.3) is 0 Å². The zero-order valence-electron chi connectivity index (χ0n) is 19.6. The van der Waals surface area contributed by atoms with Gasteiger partial charge in [-0.15, -0.1) is 0 Å². The van der Waals surface area contributed by atoms with Crippen molar-refractivity contribution >= 4 is 23.6 Å². The van der Waals surface area contributed by atoms with Gasteiger partial charge < -0.3 is 10.6 Å². The fourth-order valence-corrected chi connectivity index (χ4v) is 4.31. The molecule has 2 rings (SSSR count). The number of hydrogen-bond acceptors (Lipinski definition) is 6. The second kappa shape index (κ2) is 13.3. The topological polar surface area (TPSA) is 101 Å². The Bertz CT molecular complexity index is 579. The van der Waals surface area contributed by atoms with E-state index in [-0.39, 0.29) is 12.1 Å². The van der Waals surface area contributed by atoms with Gasteiger partial charge in [0.05, 0.1) is 11.4 Å². The third-order valence-corrected chi connectivity index (χ3v) is 6.60. The van der Waals surface area contributed by atoms with Gasteiger partial charge in [0.15, 0.2) is 0 Å². The van der Waals surface area contributed by atoms with Crippen molar-refractivity contribution in [3.8, 4) is 0 Å². The van der Waals surface area contributed by atoms with Gasteiger partial charge in [0.2, 0.25) is 0 Å². The van der Waals surface area contributed by atoms with Crippen LogP contribution in [-0.2, 0) is 9.68 Å². The monoisotopic (exact) mass is 436 g/mol. The molecule has 0 atom stereocenters. The molecule has 0 aromatic carbocycles. The van der Waals surface area contributed by atoms with Crippen molar-refractivity contribution in [2.45, 2.75) is 110 Å². The fraction of sp³-hybridized carbons (Fsp3) is 0.826. The lowest BCUT2D eigenvalue weighted by atomic mass is 9.76. The zero-order chi connectivity index (χ0) is 22.6.